The number of rotatable bonds is 0. The van der Waals surface area contributed by atoms with Crippen molar-refractivity contribution in [3.8, 4) is 0 Å². The lowest BCUT2D eigenvalue weighted by Gasteiger charge is -2.22. The Labute approximate surface area is 107 Å². The second-order valence-electron chi connectivity index (χ2n) is 5.36. The van der Waals surface area contributed by atoms with Gasteiger partial charge in [-0.2, -0.15) is 0 Å². The Balaban J connectivity index is 0.000000184. The highest BCUT2D eigenvalue weighted by Crippen LogP contribution is 2.27. The molecule has 0 heterocycles. The maximum absolute atomic E-state index is 12.4. The second-order valence-corrected chi connectivity index (χ2v) is 5.36. The third kappa shape index (κ3) is 4.35. The van der Waals surface area contributed by atoms with Crippen molar-refractivity contribution < 1.29 is 13.2 Å². The SMILES string of the molecule is CC1CCC(C)CC1.Cc1ccc(F)c(F)c1F. The standard InChI is InChI=1S/C8H16.C7H5F3/c1-7-3-5-8(2)6-4-7;1-4-2-3-5(8)7(10)6(4)9/h7-8H,3-6H2,1-2H3;2-3H,1H3. The van der Waals surface area contributed by atoms with E-state index in [9.17, 15) is 13.2 Å². The van der Waals surface area contributed by atoms with Gasteiger partial charge in [0, 0.05) is 0 Å². The first kappa shape index (κ1) is 15.1. The Morgan fingerprint density at radius 3 is 1.67 bits per heavy atom. The summed E-state index contributed by atoms with van der Waals surface area (Å²) in [6, 6.07) is 2.08. The molecular formula is C15H21F3. The molecular weight excluding hydrogens is 237 g/mol. The summed E-state index contributed by atoms with van der Waals surface area (Å²) >= 11 is 0. The highest BCUT2D eigenvalue weighted by atomic mass is 19.2. The van der Waals surface area contributed by atoms with Crippen molar-refractivity contribution in [1.82, 2.24) is 0 Å². The Hall–Kier alpha value is -0.990. The van der Waals surface area contributed by atoms with Crippen molar-refractivity contribution in [3.63, 3.8) is 0 Å². The Morgan fingerprint density at radius 2 is 1.28 bits per heavy atom. The van der Waals surface area contributed by atoms with Crippen LogP contribution in [0.15, 0.2) is 12.1 Å². The van der Waals surface area contributed by atoms with E-state index in [1.165, 1.54) is 38.7 Å². The van der Waals surface area contributed by atoms with Crippen LogP contribution in [0.4, 0.5) is 13.2 Å². The van der Waals surface area contributed by atoms with Crippen LogP contribution < -0.4 is 0 Å². The monoisotopic (exact) mass is 258 g/mol. The van der Waals surface area contributed by atoms with E-state index in [1.807, 2.05) is 0 Å². The van der Waals surface area contributed by atoms with Crippen molar-refractivity contribution >= 4 is 0 Å². The molecule has 1 aliphatic carbocycles. The zero-order valence-electron chi connectivity index (χ0n) is 11.3. The Kier molecular flexibility index (Phi) is 5.70. The summed E-state index contributed by atoms with van der Waals surface area (Å²) in [5, 5.41) is 0. The van der Waals surface area contributed by atoms with E-state index in [1.54, 1.807) is 0 Å². The van der Waals surface area contributed by atoms with Gasteiger partial charge in [0.1, 0.15) is 0 Å². The molecule has 3 heteroatoms. The molecule has 1 saturated carbocycles. The van der Waals surface area contributed by atoms with Crippen LogP contribution in [0.25, 0.3) is 0 Å². The number of hydrogen-bond donors (Lipinski definition) is 0. The Bertz CT molecular complexity index is 343. The molecule has 0 spiro atoms. The van der Waals surface area contributed by atoms with Gasteiger partial charge in [0.05, 0.1) is 0 Å². The fourth-order valence-electron chi connectivity index (χ4n) is 2.05. The minimum absolute atomic E-state index is 0.110. The first-order valence-electron chi connectivity index (χ1n) is 6.52. The lowest BCUT2D eigenvalue weighted by atomic mass is 9.84. The van der Waals surface area contributed by atoms with E-state index in [0.29, 0.717) is 0 Å². The summed E-state index contributed by atoms with van der Waals surface area (Å²) in [5.74, 6) is -1.62. The maximum atomic E-state index is 12.4. The molecule has 0 radical (unpaired) electrons. The Morgan fingerprint density at radius 1 is 0.833 bits per heavy atom. The largest absolute Gasteiger partial charge is 0.204 e. The summed E-state index contributed by atoms with van der Waals surface area (Å²) in [6.07, 6.45) is 5.89. The highest BCUT2D eigenvalue weighted by Gasteiger charge is 2.13. The molecule has 102 valence electrons. The van der Waals surface area contributed by atoms with Crippen LogP contribution in [0.5, 0.6) is 0 Å². The van der Waals surface area contributed by atoms with Crippen LogP contribution in [0.1, 0.15) is 45.1 Å². The number of aryl methyl sites for hydroxylation is 1. The van der Waals surface area contributed by atoms with Gasteiger partial charge in [-0.1, -0.05) is 45.6 Å². The van der Waals surface area contributed by atoms with Gasteiger partial charge in [-0.15, -0.1) is 0 Å². The topological polar surface area (TPSA) is 0 Å². The first-order valence-corrected chi connectivity index (χ1v) is 6.52. The predicted molar refractivity (Wildman–Crippen MR) is 67.8 cm³/mol. The van der Waals surface area contributed by atoms with Crippen LogP contribution in [-0.2, 0) is 0 Å². The van der Waals surface area contributed by atoms with Crippen molar-refractivity contribution in [1.29, 1.82) is 0 Å². The van der Waals surface area contributed by atoms with Gasteiger partial charge in [-0.05, 0) is 30.4 Å². The molecule has 1 aliphatic rings. The van der Waals surface area contributed by atoms with Gasteiger partial charge in [-0.25, -0.2) is 13.2 Å². The number of hydrogen-bond acceptors (Lipinski definition) is 0. The first-order chi connectivity index (χ1) is 8.41. The van der Waals surface area contributed by atoms with Gasteiger partial charge in [-0.3, -0.25) is 0 Å². The van der Waals surface area contributed by atoms with Crippen molar-refractivity contribution in [3.05, 3.63) is 35.1 Å². The normalized spacial score (nSPS) is 23.2. The van der Waals surface area contributed by atoms with Crippen LogP contribution in [-0.4, -0.2) is 0 Å². The molecule has 0 saturated heterocycles. The summed E-state index contributed by atoms with van der Waals surface area (Å²) in [7, 11) is 0. The van der Waals surface area contributed by atoms with Crippen LogP contribution >= 0.6 is 0 Å². The highest BCUT2D eigenvalue weighted by molar-refractivity contribution is 5.18. The zero-order valence-corrected chi connectivity index (χ0v) is 11.3. The van der Waals surface area contributed by atoms with Gasteiger partial charge in [0.15, 0.2) is 17.5 Å². The lowest BCUT2D eigenvalue weighted by Crippen LogP contribution is -2.08. The third-order valence-corrected chi connectivity index (χ3v) is 3.53. The average molecular weight is 258 g/mol. The molecule has 1 fully saturated rings. The lowest BCUT2D eigenvalue weighted by molar-refractivity contribution is 0.308. The van der Waals surface area contributed by atoms with E-state index in [-0.39, 0.29) is 5.56 Å². The smallest absolute Gasteiger partial charge is 0.194 e. The fourth-order valence-corrected chi connectivity index (χ4v) is 2.05. The molecule has 2 rings (SSSR count). The molecule has 1 aromatic rings. The molecule has 0 aliphatic heterocycles. The fraction of sp³-hybridized carbons (Fsp3) is 0.600. The van der Waals surface area contributed by atoms with Gasteiger partial charge in [0.25, 0.3) is 0 Å². The summed E-state index contributed by atoms with van der Waals surface area (Å²) in [5.41, 5.74) is 0.110. The predicted octanol–water partition coefficient (Wildman–Crippen LogP) is 5.24. The van der Waals surface area contributed by atoms with Crippen molar-refractivity contribution in [2.45, 2.75) is 46.5 Å². The van der Waals surface area contributed by atoms with Gasteiger partial charge >= 0.3 is 0 Å². The molecule has 0 bridgehead atoms. The van der Waals surface area contributed by atoms with E-state index < -0.39 is 17.5 Å². The van der Waals surface area contributed by atoms with E-state index in [2.05, 4.69) is 13.8 Å². The van der Waals surface area contributed by atoms with Crippen molar-refractivity contribution in [2.75, 3.05) is 0 Å². The quantitative estimate of drug-likeness (QED) is 0.558. The van der Waals surface area contributed by atoms with Crippen LogP contribution in [0.2, 0.25) is 0 Å². The van der Waals surface area contributed by atoms with E-state index >= 15 is 0 Å². The molecule has 18 heavy (non-hydrogen) atoms. The summed E-state index contributed by atoms with van der Waals surface area (Å²) in [4.78, 5) is 0. The van der Waals surface area contributed by atoms with Crippen molar-refractivity contribution in [2.24, 2.45) is 11.8 Å². The molecule has 1 aromatic carbocycles. The molecule has 0 aromatic heterocycles. The minimum Gasteiger partial charge on any atom is -0.204 e. The molecule has 0 unspecified atom stereocenters. The molecule has 0 nitrogen and oxygen atoms in total. The van der Waals surface area contributed by atoms with E-state index in [0.717, 1.165) is 17.9 Å². The van der Waals surface area contributed by atoms with Gasteiger partial charge < -0.3 is 0 Å². The van der Waals surface area contributed by atoms with Crippen LogP contribution in [0, 0.1) is 36.2 Å². The van der Waals surface area contributed by atoms with Gasteiger partial charge in [0.2, 0.25) is 0 Å². The number of halogens is 3. The third-order valence-electron chi connectivity index (χ3n) is 3.53. The summed E-state index contributed by atoms with van der Waals surface area (Å²) < 4.78 is 36.8. The number of benzene rings is 1. The molecule has 0 N–H and O–H groups in total. The van der Waals surface area contributed by atoms with E-state index in [4.69, 9.17) is 0 Å². The molecule has 0 atom stereocenters. The van der Waals surface area contributed by atoms with Crippen LogP contribution in [0.3, 0.4) is 0 Å². The average Bonchev–Trinajstić information content (AvgIpc) is 2.36. The maximum Gasteiger partial charge on any atom is 0.194 e. The summed E-state index contributed by atoms with van der Waals surface area (Å²) in [6.45, 7) is 6.11. The minimum atomic E-state index is -1.40. The molecule has 0 amide bonds. The second kappa shape index (κ2) is 6.81. The zero-order chi connectivity index (χ0) is 13.7.